The quantitative estimate of drug-likeness (QED) is 0.666. The Morgan fingerprint density at radius 2 is 2.04 bits per heavy atom. The Kier molecular flexibility index (Phi) is 3.19. The number of fused-ring (bicyclic) bond motifs is 5. The zero-order chi connectivity index (χ0) is 17.9. The lowest BCUT2D eigenvalue weighted by atomic mass is 9.87. The van der Waals surface area contributed by atoms with Gasteiger partial charge >= 0.3 is 12.0 Å². The summed E-state index contributed by atoms with van der Waals surface area (Å²) in [6.07, 6.45) is 0.661. The van der Waals surface area contributed by atoms with Crippen molar-refractivity contribution in [2.24, 2.45) is 0 Å². The molecule has 2 aliphatic rings. The average molecular weight is 341 g/mol. The van der Waals surface area contributed by atoms with Crippen molar-refractivity contribution in [2.45, 2.75) is 31.8 Å². The molecule has 1 fully saturated rings. The normalized spacial score (nSPS) is 23.6. The van der Waals surface area contributed by atoms with Crippen LogP contribution >= 0.6 is 0 Å². The van der Waals surface area contributed by atoms with Crippen LogP contribution in [0.4, 0.5) is 4.79 Å². The van der Waals surface area contributed by atoms with E-state index in [9.17, 15) is 14.4 Å². The summed E-state index contributed by atoms with van der Waals surface area (Å²) in [7, 11) is 1.24. The third-order valence-electron chi connectivity index (χ3n) is 5.43. The molecular weight excluding hydrogens is 322 g/mol. The molecule has 1 N–H and O–H groups in total. The Balaban J connectivity index is 1.87. The Hall–Kier alpha value is -2.83. The van der Waals surface area contributed by atoms with Crippen LogP contribution in [0.3, 0.4) is 0 Å². The van der Waals surface area contributed by atoms with Crippen molar-refractivity contribution < 1.29 is 19.1 Å². The number of benzene rings is 1. The van der Waals surface area contributed by atoms with E-state index in [0.29, 0.717) is 13.0 Å². The highest BCUT2D eigenvalue weighted by molar-refractivity contribution is 6.10. The molecule has 0 aliphatic carbocycles. The fourth-order valence-corrected chi connectivity index (χ4v) is 4.04. The number of H-pyrrole nitrogens is 1. The van der Waals surface area contributed by atoms with Gasteiger partial charge in [0.05, 0.1) is 12.8 Å². The fraction of sp³-hybridized carbons (Fsp3) is 0.389. The third kappa shape index (κ3) is 1.83. The molecule has 2 atom stereocenters. The first-order valence-corrected chi connectivity index (χ1v) is 8.24. The predicted molar refractivity (Wildman–Crippen MR) is 89.8 cm³/mol. The highest BCUT2D eigenvalue weighted by atomic mass is 16.5. The number of amides is 3. The molecule has 3 amide bonds. The van der Waals surface area contributed by atoms with E-state index in [4.69, 9.17) is 4.74 Å². The number of nitrogens with one attached hydrogen (secondary N) is 1. The van der Waals surface area contributed by atoms with Gasteiger partial charge in [0.2, 0.25) is 0 Å². The molecule has 25 heavy (non-hydrogen) atoms. The summed E-state index contributed by atoms with van der Waals surface area (Å²) in [5, 5.41) is 1.07. The third-order valence-corrected chi connectivity index (χ3v) is 5.43. The van der Waals surface area contributed by atoms with Gasteiger partial charge in [0.1, 0.15) is 6.04 Å². The minimum atomic E-state index is -1.13. The molecule has 0 radical (unpaired) electrons. The van der Waals surface area contributed by atoms with Crippen LogP contribution in [0.1, 0.15) is 25.1 Å². The largest absolute Gasteiger partial charge is 0.467 e. The number of hydrogen-bond donors (Lipinski definition) is 1. The molecule has 0 saturated carbocycles. The van der Waals surface area contributed by atoms with Crippen molar-refractivity contribution in [3.8, 4) is 0 Å². The van der Waals surface area contributed by atoms with Crippen molar-refractivity contribution in [1.82, 2.24) is 14.8 Å². The number of hydrogen-bond acceptors (Lipinski definition) is 4. The van der Waals surface area contributed by atoms with Crippen molar-refractivity contribution in [3.05, 3.63) is 35.5 Å². The van der Waals surface area contributed by atoms with Gasteiger partial charge < -0.3 is 14.6 Å². The molecule has 1 aromatic carbocycles. The van der Waals surface area contributed by atoms with Crippen molar-refractivity contribution in [1.29, 1.82) is 0 Å². The molecular formula is C18H19N3O4. The van der Waals surface area contributed by atoms with E-state index in [0.717, 1.165) is 27.1 Å². The molecule has 2 aliphatic heterocycles. The minimum absolute atomic E-state index is 0.400. The van der Waals surface area contributed by atoms with Crippen LogP contribution in [-0.2, 0) is 26.3 Å². The first-order chi connectivity index (χ1) is 11.9. The minimum Gasteiger partial charge on any atom is -0.467 e. The second-order valence-electron chi connectivity index (χ2n) is 6.65. The zero-order valence-corrected chi connectivity index (χ0v) is 14.3. The number of urea groups is 1. The van der Waals surface area contributed by atoms with Crippen molar-refractivity contribution >= 4 is 28.8 Å². The van der Waals surface area contributed by atoms with E-state index >= 15 is 0 Å². The highest BCUT2D eigenvalue weighted by Gasteiger charge is 2.60. The van der Waals surface area contributed by atoms with Gasteiger partial charge in [-0.15, -0.1) is 0 Å². The number of aromatic amines is 1. The van der Waals surface area contributed by atoms with Crippen LogP contribution in [-0.4, -0.2) is 52.4 Å². The van der Waals surface area contributed by atoms with Crippen LogP contribution in [0.2, 0.25) is 0 Å². The molecule has 0 spiro atoms. The van der Waals surface area contributed by atoms with E-state index in [1.54, 1.807) is 11.8 Å². The summed E-state index contributed by atoms with van der Waals surface area (Å²) in [5.41, 5.74) is 1.60. The number of methoxy groups -OCH3 is 1. The maximum atomic E-state index is 13.2. The lowest BCUT2D eigenvalue weighted by Crippen LogP contribution is -2.49. The van der Waals surface area contributed by atoms with E-state index in [-0.39, 0.29) is 0 Å². The number of aromatic nitrogens is 1. The summed E-state index contributed by atoms with van der Waals surface area (Å²) in [5.74, 6) is -1.01. The van der Waals surface area contributed by atoms with Gasteiger partial charge in [-0.05, 0) is 31.9 Å². The van der Waals surface area contributed by atoms with Gasteiger partial charge in [-0.2, -0.15) is 0 Å². The van der Waals surface area contributed by atoms with E-state index in [2.05, 4.69) is 4.98 Å². The van der Waals surface area contributed by atoms with E-state index in [1.807, 2.05) is 24.3 Å². The van der Waals surface area contributed by atoms with Gasteiger partial charge in [-0.1, -0.05) is 18.2 Å². The summed E-state index contributed by atoms with van der Waals surface area (Å²) in [6.45, 7) is 3.68. The van der Waals surface area contributed by atoms with Gasteiger partial charge in [-0.3, -0.25) is 4.79 Å². The SMILES string of the molecule is COC(=O)C(C)N1C(=O)N2CCc3c([nH]c4ccccc34)C2(C)C1=O. The molecule has 0 bridgehead atoms. The van der Waals surface area contributed by atoms with Crippen LogP contribution in [0, 0.1) is 0 Å². The standard InChI is InChI=1S/C18H19N3O4/c1-10(15(22)25-3)21-16(23)18(2)14-12(8-9-20(18)17(21)24)11-6-4-5-7-13(11)19-14/h4-7,10,19H,8-9H2,1-3H3. The van der Waals surface area contributed by atoms with Crippen LogP contribution in [0.25, 0.3) is 10.9 Å². The maximum Gasteiger partial charge on any atom is 0.328 e. The van der Waals surface area contributed by atoms with E-state index < -0.39 is 29.5 Å². The van der Waals surface area contributed by atoms with Gasteiger partial charge in [0.25, 0.3) is 5.91 Å². The number of ether oxygens (including phenoxy) is 1. The summed E-state index contributed by atoms with van der Waals surface area (Å²) in [6, 6.07) is 6.45. The number of para-hydroxylation sites is 1. The lowest BCUT2D eigenvalue weighted by Gasteiger charge is -2.36. The Morgan fingerprint density at radius 1 is 1.32 bits per heavy atom. The predicted octanol–water partition coefficient (Wildman–Crippen LogP) is 1.76. The van der Waals surface area contributed by atoms with Gasteiger partial charge in [0.15, 0.2) is 5.54 Å². The number of imide groups is 1. The Labute approximate surface area is 144 Å². The van der Waals surface area contributed by atoms with Crippen LogP contribution in [0.5, 0.6) is 0 Å². The van der Waals surface area contributed by atoms with Crippen molar-refractivity contribution in [3.63, 3.8) is 0 Å². The Morgan fingerprint density at radius 3 is 2.76 bits per heavy atom. The number of carbonyl (C=O) groups excluding carboxylic acids is 3. The second kappa shape index (κ2) is 5.08. The van der Waals surface area contributed by atoms with Gasteiger partial charge in [0, 0.05) is 17.4 Å². The molecule has 1 aromatic heterocycles. The smallest absolute Gasteiger partial charge is 0.328 e. The number of rotatable bonds is 2. The van der Waals surface area contributed by atoms with Crippen LogP contribution < -0.4 is 0 Å². The van der Waals surface area contributed by atoms with Gasteiger partial charge in [-0.25, -0.2) is 14.5 Å². The molecule has 3 heterocycles. The molecule has 1 saturated heterocycles. The van der Waals surface area contributed by atoms with Crippen molar-refractivity contribution in [2.75, 3.05) is 13.7 Å². The highest BCUT2D eigenvalue weighted by Crippen LogP contribution is 2.44. The molecule has 2 unspecified atom stereocenters. The topological polar surface area (TPSA) is 82.7 Å². The van der Waals surface area contributed by atoms with Crippen LogP contribution in [0.15, 0.2) is 24.3 Å². The average Bonchev–Trinajstić information content (AvgIpc) is 3.09. The number of esters is 1. The molecule has 130 valence electrons. The zero-order valence-electron chi connectivity index (χ0n) is 14.3. The molecule has 2 aromatic rings. The molecule has 4 rings (SSSR count). The summed E-state index contributed by atoms with van der Waals surface area (Å²) < 4.78 is 4.71. The Bertz CT molecular complexity index is 918. The fourth-order valence-electron chi connectivity index (χ4n) is 4.04. The molecule has 7 heteroatoms. The summed E-state index contributed by atoms with van der Waals surface area (Å²) >= 11 is 0. The second-order valence-corrected chi connectivity index (χ2v) is 6.65. The number of carbonyl (C=O) groups is 3. The lowest BCUT2D eigenvalue weighted by molar-refractivity contribution is -0.150. The summed E-state index contributed by atoms with van der Waals surface area (Å²) in [4.78, 5) is 43.8. The monoisotopic (exact) mass is 341 g/mol. The van der Waals surface area contributed by atoms with E-state index in [1.165, 1.54) is 14.0 Å². The first-order valence-electron chi connectivity index (χ1n) is 8.24. The first kappa shape index (κ1) is 15.7. The number of nitrogens with zero attached hydrogens (tertiary/aromatic N) is 2. The maximum absolute atomic E-state index is 13.2. The molecule has 7 nitrogen and oxygen atoms in total.